The van der Waals surface area contributed by atoms with Crippen molar-refractivity contribution >= 4 is 27.6 Å². The molecule has 0 spiro atoms. The number of nitrogen functional groups attached to an aromatic ring is 1. The van der Waals surface area contributed by atoms with Crippen LogP contribution in [0.3, 0.4) is 0 Å². The van der Waals surface area contributed by atoms with Crippen molar-refractivity contribution in [1.29, 1.82) is 0 Å². The molecule has 1 aliphatic heterocycles. The smallest absolute Gasteiger partial charge is 0.156 e. The molecule has 14 heavy (non-hydrogen) atoms. The molecular weight excluding hydrogens is 244 g/mol. The number of hydrogen-bond acceptors (Lipinski definition) is 4. The van der Waals surface area contributed by atoms with Crippen molar-refractivity contribution in [3.63, 3.8) is 0 Å². The number of hydrogen-bond donors (Lipinski definition) is 1. The number of rotatable bonds is 1. The predicted molar refractivity (Wildman–Crippen MR) is 60.2 cm³/mol. The minimum absolute atomic E-state index is 0.450. The Bertz CT molecular complexity index is 323. The van der Waals surface area contributed by atoms with Gasteiger partial charge in [0.05, 0.1) is 6.20 Å². The maximum Gasteiger partial charge on any atom is 0.156 e. The second-order valence-corrected chi connectivity index (χ2v) is 4.20. The summed E-state index contributed by atoms with van der Waals surface area (Å²) in [4.78, 5) is 10.7. The van der Waals surface area contributed by atoms with E-state index in [2.05, 4.69) is 30.8 Å². The van der Waals surface area contributed by atoms with Crippen LogP contribution in [0, 0.1) is 0 Å². The van der Waals surface area contributed by atoms with Gasteiger partial charge < -0.3 is 10.6 Å². The van der Waals surface area contributed by atoms with Crippen LogP contribution in [-0.2, 0) is 0 Å². The molecule has 2 rings (SSSR count). The fourth-order valence-corrected chi connectivity index (χ4v) is 1.93. The normalized spacial score (nSPS) is 17.1. The van der Waals surface area contributed by atoms with Gasteiger partial charge in [-0.25, -0.2) is 9.97 Å². The zero-order valence-electron chi connectivity index (χ0n) is 7.91. The maximum absolute atomic E-state index is 5.58. The van der Waals surface area contributed by atoms with Crippen LogP contribution in [0.1, 0.15) is 19.3 Å². The third kappa shape index (κ3) is 1.97. The summed E-state index contributed by atoms with van der Waals surface area (Å²) in [6, 6.07) is 0. The van der Waals surface area contributed by atoms with Crippen molar-refractivity contribution in [2.24, 2.45) is 0 Å². The van der Waals surface area contributed by atoms with Gasteiger partial charge in [0.1, 0.15) is 5.82 Å². The molecule has 0 saturated carbocycles. The summed E-state index contributed by atoms with van der Waals surface area (Å²) in [6.45, 7) is 2.15. The highest BCUT2D eigenvalue weighted by atomic mass is 79.9. The van der Waals surface area contributed by atoms with Crippen LogP contribution in [-0.4, -0.2) is 23.1 Å². The quantitative estimate of drug-likeness (QED) is 0.833. The van der Waals surface area contributed by atoms with Gasteiger partial charge in [-0.1, -0.05) is 0 Å². The van der Waals surface area contributed by atoms with Crippen molar-refractivity contribution in [2.75, 3.05) is 23.7 Å². The molecule has 4 nitrogen and oxygen atoms in total. The summed E-state index contributed by atoms with van der Waals surface area (Å²) in [5.41, 5.74) is 5.58. The standard InChI is InChI=1S/C9H13BrN4/c10-8-9(11)12-6-7(13-8)14-4-2-1-3-5-14/h6H,1-5H2,(H2,11,12). The van der Waals surface area contributed by atoms with Crippen LogP contribution < -0.4 is 10.6 Å². The van der Waals surface area contributed by atoms with E-state index in [0.29, 0.717) is 10.4 Å². The van der Waals surface area contributed by atoms with E-state index in [0.717, 1.165) is 18.9 Å². The predicted octanol–water partition coefficient (Wildman–Crippen LogP) is 1.81. The largest absolute Gasteiger partial charge is 0.381 e. The summed E-state index contributed by atoms with van der Waals surface area (Å²) in [7, 11) is 0. The number of anilines is 2. The molecule has 1 aromatic heterocycles. The summed E-state index contributed by atoms with van der Waals surface area (Å²) >= 11 is 3.29. The fourth-order valence-electron chi connectivity index (χ4n) is 1.64. The highest BCUT2D eigenvalue weighted by Crippen LogP contribution is 2.21. The van der Waals surface area contributed by atoms with Crippen molar-refractivity contribution in [2.45, 2.75) is 19.3 Å². The SMILES string of the molecule is Nc1ncc(N2CCCCC2)nc1Br. The molecule has 1 fully saturated rings. The molecule has 0 aliphatic carbocycles. The van der Waals surface area contributed by atoms with Gasteiger partial charge in [-0.2, -0.15) is 0 Å². The lowest BCUT2D eigenvalue weighted by molar-refractivity contribution is 0.572. The average Bonchev–Trinajstić information content (AvgIpc) is 2.23. The lowest BCUT2D eigenvalue weighted by atomic mass is 10.1. The Morgan fingerprint density at radius 2 is 2.00 bits per heavy atom. The van der Waals surface area contributed by atoms with Crippen molar-refractivity contribution in [3.8, 4) is 0 Å². The zero-order valence-corrected chi connectivity index (χ0v) is 9.50. The van der Waals surface area contributed by atoms with Crippen LogP contribution in [0.2, 0.25) is 0 Å². The summed E-state index contributed by atoms with van der Waals surface area (Å²) in [6.07, 6.45) is 5.54. The van der Waals surface area contributed by atoms with Gasteiger partial charge in [-0.05, 0) is 35.2 Å². The van der Waals surface area contributed by atoms with Crippen LogP contribution in [0.15, 0.2) is 10.8 Å². The van der Waals surface area contributed by atoms with Crippen molar-refractivity contribution in [3.05, 3.63) is 10.8 Å². The van der Waals surface area contributed by atoms with Gasteiger partial charge in [0.25, 0.3) is 0 Å². The fraction of sp³-hybridized carbons (Fsp3) is 0.556. The Labute approximate surface area is 91.7 Å². The highest BCUT2D eigenvalue weighted by Gasteiger charge is 2.13. The first-order valence-electron chi connectivity index (χ1n) is 4.80. The van der Waals surface area contributed by atoms with Crippen LogP contribution >= 0.6 is 15.9 Å². The first-order chi connectivity index (χ1) is 6.77. The molecule has 5 heteroatoms. The number of piperidine rings is 1. The van der Waals surface area contributed by atoms with Crippen LogP contribution in [0.25, 0.3) is 0 Å². The monoisotopic (exact) mass is 256 g/mol. The minimum Gasteiger partial charge on any atom is -0.381 e. The van der Waals surface area contributed by atoms with Gasteiger partial charge in [-0.3, -0.25) is 0 Å². The van der Waals surface area contributed by atoms with E-state index >= 15 is 0 Å². The van der Waals surface area contributed by atoms with Crippen LogP contribution in [0.5, 0.6) is 0 Å². The molecule has 0 atom stereocenters. The molecule has 0 radical (unpaired) electrons. The molecule has 0 bridgehead atoms. The average molecular weight is 257 g/mol. The zero-order chi connectivity index (χ0) is 9.97. The van der Waals surface area contributed by atoms with E-state index in [9.17, 15) is 0 Å². The van der Waals surface area contributed by atoms with Gasteiger partial charge in [-0.15, -0.1) is 0 Å². The van der Waals surface area contributed by atoms with Gasteiger partial charge >= 0.3 is 0 Å². The Morgan fingerprint density at radius 3 is 2.64 bits per heavy atom. The maximum atomic E-state index is 5.58. The van der Waals surface area contributed by atoms with Crippen molar-refractivity contribution < 1.29 is 0 Å². The van der Waals surface area contributed by atoms with Gasteiger partial charge in [0, 0.05) is 13.1 Å². The molecule has 1 saturated heterocycles. The number of nitrogens with zero attached hydrogens (tertiary/aromatic N) is 3. The minimum atomic E-state index is 0.450. The molecule has 0 amide bonds. The molecule has 76 valence electrons. The number of aromatic nitrogens is 2. The van der Waals surface area contributed by atoms with E-state index in [4.69, 9.17) is 5.73 Å². The summed E-state index contributed by atoms with van der Waals surface area (Å²) in [5.74, 6) is 1.37. The molecular formula is C9H13BrN4. The first-order valence-corrected chi connectivity index (χ1v) is 5.59. The first kappa shape index (κ1) is 9.71. The third-order valence-corrected chi connectivity index (χ3v) is 3.01. The molecule has 0 unspecified atom stereocenters. The topological polar surface area (TPSA) is 55.0 Å². The highest BCUT2D eigenvalue weighted by molar-refractivity contribution is 9.10. The lowest BCUT2D eigenvalue weighted by Crippen LogP contribution is -2.30. The van der Waals surface area contributed by atoms with E-state index in [-0.39, 0.29) is 0 Å². The van der Waals surface area contributed by atoms with Gasteiger partial charge in [0.15, 0.2) is 10.4 Å². The van der Waals surface area contributed by atoms with Gasteiger partial charge in [0.2, 0.25) is 0 Å². The molecule has 0 aromatic carbocycles. The Balaban J connectivity index is 2.18. The van der Waals surface area contributed by atoms with E-state index in [1.54, 1.807) is 6.20 Å². The summed E-state index contributed by atoms with van der Waals surface area (Å²) in [5, 5.41) is 0. The van der Waals surface area contributed by atoms with Crippen LogP contribution in [0.4, 0.5) is 11.6 Å². The van der Waals surface area contributed by atoms with E-state index in [1.807, 2.05) is 0 Å². The Hall–Kier alpha value is -0.840. The summed E-state index contributed by atoms with van der Waals surface area (Å²) < 4.78 is 0.639. The lowest BCUT2D eigenvalue weighted by Gasteiger charge is -2.27. The molecule has 2 heterocycles. The van der Waals surface area contributed by atoms with E-state index < -0.39 is 0 Å². The Morgan fingerprint density at radius 1 is 1.29 bits per heavy atom. The molecule has 2 N–H and O–H groups in total. The number of halogens is 1. The molecule has 1 aromatic rings. The third-order valence-electron chi connectivity index (χ3n) is 2.42. The van der Waals surface area contributed by atoms with Crippen molar-refractivity contribution in [1.82, 2.24) is 9.97 Å². The number of nitrogens with two attached hydrogens (primary N) is 1. The second kappa shape index (κ2) is 4.13. The second-order valence-electron chi connectivity index (χ2n) is 3.45. The Kier molecular flexibility index (Phi) is 2.86. The molecule has 1 aliphatic rings. The van der Waals surface area contributed by atoms with E-state index in [1.165, 1.54) is 19.3 Å².